The van der Waals surface area contributed by atoms with Crippen molar-refractivity contribution in [1.82, 2.24) is 0 Å². The molecule has 2 fully saturated rings. The van der Waals surface area contributed by atoms with Gasteiger partial charge in [0.25, 0.3) is 0 Å². The van der Waals surface area contributed by atoms with E-state index in [4.69, 9.17) is 4.74 Å². The first-order valence-electron chi connectivity index (χ1n) is 6.88. The summed E-state index contributed by atoms with van der Waals surface area (Å²) in [5.74, 6) is 0.377. The molecule has 104 valence electrons. The second kappa shape index (κ2) is 4.93. The third-order valence-corrected chi connectivity index (χ3v) is 4.72. The van der Waals surface area contributed by atoms with Crippen LogP contribution in [0.15, 0.2) is 12.2 Å². The Kier molecular flexibility index (Phi) is 3.83. The lowest BCUT2D eigenvalue weighted by Crippen LogP contribution is -2.66. The maximum absolute atomic E-state index is 12.9. The number of hydrogen-bond acceptors (Lipinski definition) is 3. The third-order valence-electron chi connectivity index (χ3n) is 4.72. The maximum Gasteiger partial charge on any atom is 0.118 e. The minimum atomic E-state index is -0.856. The van der Waals surface area contributed by atoms with Crippen molar-refractivity contribution in [2.45, 2.75) is 44.8 Å². The van der Waals surface area contributed by atoms with E-state index in [9.17, 15) is 10.3 Å². The van der Waals surface area contributed by atoms with Gasteiger partial charge in [-0.05, 0) is 32.6 Å². The van der Waals surface area contributed by atoms with E-state index in [0.29, 0.717) is 38.6 Å². The van der Waals surface area contributed by atoms with Gasteiger partial charge in [-0.2, -0.15) is 0 Å². The number of nitrogens with zero attached hydrogens (tertiary/aromatic N) is 1. The van der Waals surface area contributed by atoms with E-state index in [1.165, 1.54) is 0 Å². The summed E-state index contributed by atoms with van der Waals surface area (Å²) in [5, 5.41) is 23.5. The van der Waals surface area contributed by atoms with Crippen LogP contribution in [0.2, 0.25) is 0 Å². The van der Waals surface area contributed by atoms with E-state index in [-0.39, 0.29) is 10.7 Å². The highest BCUT2D eigenvalue weighted by Gasteiger charge is 2.48. The van der Waals surface area contributed by atoms with E-state index in [1.807, 2.05) is 13.8 Å². The van der Waals surface area contributed by atoms with Crippen molar-refractivity contribution in [3.8, 4) is 0 Å². The molecule has 0 aromatic rings. The zero-order chi connectivity index (χ0) is 13.4. The molecule has 0 spiro atoms. The molecule has 2 aliphatic rings. The van der Waals surface area contributed by atoms with Crippen LogP contribution >= 0.6 is 0 Å². The molecule has 3 atom stereocenters. The lowest BCUT2D eigenvalue weighted by Gasteiger charge is -2.57. The Balaban J connectivity index is 2.18. The predicted octanol–water partition coefficient (Wildman–Crippen LogP) is 1.83. The minimum absolute atomic E-state index is 0.239. The standard InChI is InChI=1S/C14H25NO3/c1-11(2)12-4-5-14(3,16)13(10-12)15(17)6-8-18-9-7-15/h12-13,16H,1,4-10H2,2-3H3. The average Bonchev–Trinajstić information content (AvgIpc) is 2.28. The number of quaternary nitrogens is 1. The van der Waals surface area contributed by atoms with Gasteiger partial charge in [0.15, 0.2) is 0 Å². The molecule has 4 nitrogen and oxygen atoms in total. The Hall–Kier alpha value is -0.420. The summed E-state index contributed by atoms with van der Waals surface area (Å²) >= 11 is 0. The average molecular weight is 255 g/mol. The molecule has 18 heavy (non-hydrogen) atoms. The molecular weight excluding hydrogens is 230 g/mol. The van der Waals surface area contributed by atoms with Crippen LogP contribution in [-0.2, 0) is 4.74 Å². The Morgan fingerprint density at radius 2 is 2.06 bits per heavy atom. The van der Waals surface area contributed by atoms with Crippen molar-refractivity contribution in [3.63, 3.8) is 0 Å². The zero-order valence-corrected chi connectivity index (χ0v) is 11.5. The summed E-state index contributed by atoms with van der Waals surface area (Å²) < 4.78 is 4.99. The fourth-order valence-corrected chi connectivity index (χ4v) is 3.38. The molecule has 1 aliphatic heterocycles. The summed E-state index contributed by atoms with van der Waals surface area (Å²) in [5.41, 5.74) is 0.278. The van der Waals surface area contributed by atoms with Crippen LogP contribution in [0.3, 0.4) is 0 Å². The molecule has 1 N–H and O–H groups in total. The van der Waals surface area contributed by atoms with Gasteiger partial charge in [-0.25, -0.2) is 0 Å². The molecule has 3 unspecified atom stereocenters. The molecule has 0 aromatic carbocycles. The van der Waals surface area contributed by atoms with Crippen LogP contribution in [0.5, 0.6) is 0 Å². The van der Waals surface area contributed by atoms with Gasteiger partial charge in [0, 0.05) is 6.42 Å². The number of rotatable bonds is 2. The molecule has 0 aromatic heterocycles. The Morgan fingerprint density at radius 3 is 2.61 bits per heavy atom. The van der Waals surface area contributed by atoms with E-state index in [1.54, 1.807) is 0 Å². The first-order chi connectivity index (χ1) is 8.35. The van der Waals surface area contributed by atoms with Crippen LogP contribution in [0.1, 0.15) is 33.1 Å². The fraction of sp³-hybridized carbons (Fsp3) is 0.857. The Morgan fingerprint density at radius 1 is 1.44 bits per heavy atom. The number of hydrogen-bond donors (Lipinski definition) is 1. The lowest BCUT2D eigenvalue weighted by molar-refractivity contribution is -0.921. The monoisotopic (exact) mass is 255 g/mol. The van der Waals surface area contributed by atoms with Crippen LogP contribution in [0, 0.1) is 11.1 Å². The number of allylic oxidation sites excluding steroid dienone is 1. The quantitative estimate of drug-likeness (QED) is 0.465. The van der Waals surface area contributed by atoms with Gasteiger partial charge in [0.1, 0.15) is 24.7 Å². The molecule has 1 aliphatic carbocycles. The van der Waals surface area contributed by atoms with E-state index >= 15 is 0 Å². The van der Waals surface area contributed by atoms with E-state index < -0.39 is 5.60 Å². The summed E-state index contributed by atoms with van der Waals surface area (Å²) in [4.78, 5) is 0. The largest absolute Gasteiger partial charge is 0.632 e. The van der Waals surface area contributed by atoms with Crippen molar-refractivity contribution in [2.75, 3.05) is 26.3 Å². The van der Waals surface area contributed by atoms with Gasteiger partial charge in [-0.15, -0.1) is 0 Å². The summed E-state index contributed by atoms with van der Waals surface area (Å²) in [7, 11) is 0. The minimum Gasteiger partial charge on any atom is -0.632 e. The van der Waals surface area contributed by atoms with Gasteiger partial charge in [0.05, 0.1) is 13.2 Å². The predicted molar refractivity (Wildman–Crippen MR) is 70.7 cm³/mol. The van der Waals surface area contributed by atoms with Crippen LogP contribution in [0.4, 0.5) is 0 Å². The lowest BCUT2D eigenvalue weighted by atomic mass is 9.73. The molecule has 2 rings (SSSR count). The fourth-order valence-electron chi connectivity index (χ4n) is 3.38. The first kappa shape index (κ1) is 14.0. The molecule has 0 bridgehead atoms. The van der Waals surface area contributed by atoms with Crippen molar-refractivity contribution >= 4 is 0 Å². The molecule has 1 saturated carbocycles. The molecular formula is C14H25NO3. The topological polar surface area (TPSA) is 52.5 Å². The number of morpholine rings is 1. The Bertz CT molecular complexity index is 321. The van der Waals surface area contributed by atoms with Crippen LogP contribution in [-0.4, -0.2) is 47.7 Å². The van der Waals surface area contributed by atoms with Gasteiger partial charge in [-0.3, -0.25) is 0 Å². The molecule has 0 amide bonds. The highest BCUT2D eigenvalue weighted by atomic mass is 16.6. The number of aliphatic hydroxyl groups is 1. The second-order valence-electron chi connectivity index (χ2n) is 6.20. The normalized spacial score (nSPS) is 40.4. The van der Waals surface area contributed by atoms with Crippen molar-refractivity contribution < 1.29 is 14.5 Å². The number of ether oxygens (including phenoxy) is 1. The highest BCUT2D eigenvalue weighted by Crippen LogP contribution is 2.40. The van der Waals surface area contributed by atoms with Gasteiger partial charge in [0.2, 0.25) is 0 Å². The van der Waals surface area contributed by atoms with Gasteiger partial charge >= 0.3 is 0 Å². The van der Waals surface area contributed by atoms with E-state index in [0.717, 1.165) is 18.4 Å². The second-order valence-corrected chi connectivity index (χ2v) is 6.20. The first-order valence-corrected chi connectivity index (χ1v) is 6.88. The van der Waals surface area contributed by atoms with Crippen molar-refractivity contribution in [2.24, 2.45) is 5.92 Å². The van der Waals surface area contributed by atoms with Gasteiger partial charge in [-0.1, -0.05) is 12.2 Å². The summed E-state index contributed by atoms with van der Waals surface area (Å²) in [6.45, 7) is 9.80. The van der Waals surface area contributed by atoms with Crippen molar-refractivity contribution in [3.05, 3.63) is 17.4 Å². The van der Waals surface area contributed by atoms with Gasteiger partial charge < -0.3 is 19.7 Å². The van der Waals surface area contributed by atoms with Crippen molar-refractivity contribution in [1.29, 1.82) is 0 Å². The van der Waals surface area contributed by atoms with E-state index in [2.05, 4.69) is 6.58 Å². The highest BCUT2D eigenvalue weighted by molar-refractivity contribution is 5.03. The van der Waals surface area contributed by atoms with Crippen LogP contribution in [0.25, 0.3) is 0 Å². The molecule has 0 radical (unpaired) electrons. The smallest absolute Gasteiger partial charge is 0.118 e. The van der Waals surface area contributed by atoms with Crippen LogP contribution < -0.4 is 0 Å². The number of hydroxylamine groups is 3. The Labute approximate surface area is 109 Å². The molecule has 1 heterocycles. The summed E-state index contributed by atoms with van der Waals surface area (Å²) in [6, 6.07) is -0.239. The zero-order valence-electron chi connectivity index (χ0n) is 11.5. The maximum atomic E-state index is 12.9. The third kappa shape index (κ3) is 2.62. The molecule has 4 heteroatoms. The molecule has 1 saturated heterocycles. The summed E-state index contributed by atoms with van der Waals surface area (Å²) in [6.07, 6.45) is 2.39. The SMILES string of the molecule is C=C(C)C1CCC(C)(O)C([N+]2([O-])CCOCC2)C1.